The molecule has 1 aromatic carbocycles. The molecule has 1 atom stereocenters. The van der Waals surface area contributed by atoms with Gasteiger partial charge in [-0.25, -0.2) is 9.37 Å². The fraction of sp³-hybridized carbons (Fsp3) is 0.500. The Morgan fingerprint density at radius 3 is 2.79 bits per heavy atom. The maximum Gasteiger partial charge on any atom is 0.126 e. The van der Waals surface area contributed by atoms with Crippen LogP contribution in [0, 0.1) is 5.82 Å². The Morgan fingerprint density at radius 2 is 2.16 bits per heavy atom. The van der Waals surface area contributed by atoms with E-state index in [0.29, 0.717) is 18.5 Å². The molecule has 0 amide bonds. The summed E-state index contributed by atoms with van der Waals surface area (Å²) in [7, 11) is 3.97. The van der Waals surface area contributed by atoms with E-state index in [1.165, 1.54) is 12.1 Å². The van der Waals surface area contributed by atoms with Crippen LogP contribution in [-0.4, -0.2) is 40.3 Å². The zero-order chi connectivity index (χ0) is 14.0. The molecule has 104 valence electrons. The number of imidazole rings is 1. The van der Waals surface area contributed by atoms with Gasteiger partial charge in [-0.1, -0.05) is 0 Å². The van der Waals surface area contributed by atoms with Crippen LogP contribution in [-0.2, 0) is 6.54 Å². The molecular weight excluding hydrogens is 245 g/mol. The molecule has 0 aliphatic carbocycles. The summed E-state index contributed by atoms with van der Waals surface area (Å²) in [5.41, 5.74) is 1.58. The van der Waals surface area contributed by atoms with Gasteiger partial charge in [-0.05, 0) is 39.6 Å². The molecule has 1 N–H and O–H groups in total. The molecule has 2 aromatic rings. The van der Waals surface area contributed by atoms with E-state index in [1.807, 2.05) is 14.1 Å². The number of halogens is 1. The van der Waals surface area contributed by atoms with E-state index < -0.39 is 0 Å². The van der Waals surface area contributed by atoms with Crippen molar-refractivity contribution in [1.29, 1.82) is 0 Å². The van der Waals surface area contributed by atoms with Gasteiger partial charge in [0, 0.05) is 19.2 Å². The minimum Gasteiger partial charge on any atom is -0.396 e. The van der Waals surface area contributed by atoms with Crippen LogP contribution in [0.3, 0.4) is 0 Å². The standard InChI is InChI=1S/C14H20FN3O/c1-10(17(2)3)14-16-12-9-11(15)5-6-13(12)18(14)7-4-8-19/h5-6,9-10,19H,4,7-8H2,1-3H3. The number of aryl methyl sites for hydroxylation is 1. The van der Waals surface area contributed by atoms with E-state index in [4.69, 9.17) is 5.11 Å². The summed E-state index contributed by atoms with van der Waals surface area (Å²) in [5, 5.41) is 9.02. The van der Waals surface area contributed by atoms with Crippen LogP contribution in [0.2, 0.25) is 0 Å². The molecule has 0 spiro atoms. The van der Waals surface area contributed by atoms with Crippen LogP contribution in [0.25, 0.3) is 11.0 Å². The average molecular weight is 265 g/mol. The van der Waals surface area contributed by atoms with E-state index in [2.05, 4.69) is 21.4 Å². The van der Waals surface area contributed by atoms with Crippen LogP contribution >= 0.6 is 0 Å². The van der Waals surface area contributed by atoms with Crippen LogP contribution in [0.1, 0.15) is 25.2 Å². The Labute approximate surface area is 112 Å². The quantitative estimate of drug-likeness (QED) is 0.901. The molecule has 19 heavy (non-hydrogen) atoms. The zero-order valence-electron chi connectivity index (χ0n) is 11.6. The van der Waals surface area contributed by atoms with Crippen molar-refractivity contribution in [2.75, 3.05) is 20.7 Å². The molecule has 0 aliphatic heterocycles. The van der Waals surface area contributed by atoms with E-state index in [1.54, 1.807) is 6.07 Å². The molecule has 0 saturated heterocycles. The molecule has 1 unspecified atom stereocenters. The topological polar surface area (TPSA) is 41.3 Å². The van der Waals surface area contributed by atoms with Gasteiger partial charge in [0.2, 0.25) is 0 Å². The Morgan fingerprint density at radius 1 is 1.42 bits per heavy atom. The minimum absolute atomic E-state index is 0.133. The molecule has 1 aromatic heterocycles. The van der Waals surface area contributed by atoms with Gasteiger partial charge in [0.1, 0.15) is 11.6 Å². The van der Waals surface area contributed by atoms with Gasteiger partial charge in [0.15, 0.2) is 0 Å². The predicted molar refractivity (Wildman–Crippen MR) is 73.5 cm³/mol. The van der Waals surface area contributed by atoms with Gasteiger partial charge >= 0.3 is 0 Å². The van der Waals surface area contributed by atoms with E-state index >= 15 is 0 Å². The minimum atomic E-state index is -0.275. The third-order valence-electron chi connectivity index (χ3n) is 3.43. The van der Waals surface area contributed by atoms with Crippen LogP contribution in [0.15, 0.2) is 18.2 Å². The number of benzene rings is 1. The first kappa shape index (κ1) is 14.0. The maximum absolute atomic E-state index is 13.3. The van der Waals surface area contributed by atoms with Crippen LogP contribution in [0.4, 0.5) is 4.39 Å². The lowest BCUT2D eigenvalue weighted by molar-refractivity contribution is 0.272. The monoisotopic (exact) mass is 265 g/mol. The number of nitrogens with zero attached hydrogens (tertiary/aromatic N) is 3. The van der Waals surface area contributed by atoms with Crippen molar-refractivity contribution in [2.45, 2.75) is 25.9 Å². The number of rotatable bonds is 5. The fourth-order valence-electron chi connectivity index (χ4n) is 2.14. The van der Waals surface area contributed by atoms with Crippen molar-refractivity contribution in [3.63, 3.8) is 0 Å². The highest BCUT2D eigenvalue weighted by Gasteiger charge is 2.18. The lowest BCUT2D eigenvalue weighted by atomic mass is 10.3. The van der Waals surface area contributed by atoms with E-state index in [9.17, 15) is 4.39 Å². The van der Waals surface area contributed by atoms with Crippen molar-refractivity contribution in [3.8, 4) is 0 Å². The number of fused-ring (bicyclic) bond motifs is 1. The summed E-state index contributed by atoms with van der Waals surface area (Å²) in [6.07, 6.45) is 0.663. The maximum atomic E-state index is 13.3. The number of aliphatic hydroxyl groups excluding tert-OH is 1. The normalized spacial score (nSPS) is 13.4. The molecule has 0 aliphatic rings. The molecule has 1 heterocycles. The van der Waals surface area contributed by atoms with Crippen molar-refractivity contribution in [1.82, 2.24) is 14.5 Å². The van der Waals surface area contributed by atoms with Gasteiger partial charge in [-0.15, -0.1) is 0 Å². The van der Waals surface area contributed by atoms with Gasteiger partial charge < -0.3 is 9.67 Å². The molecule has 2 rings (SSSR count). The third-order valence-corrected chi connectivity index (χ3v) is 3.43. The van der Waals surface area contributed by atoms with Crippen molar-refractivity contribution < 1.29 is 9.50 Å². The predicted octanol–water partition coefficient (Wildman–Crippen LogP) is 2.18. The van der Waals surface area contributed by atoms with Crippen molar-refractivity contribution >= 4 is 11.0 Å². The first-order valence-corrected chi connectivity index (χ1v) is 6.47. The lowest BCUT2D eigenvalue weighted by Crippen LogP contribution is -2.21. The Balaban J connectivity index is 2.53. The fourth-order valence-corrected chi connectivity index (χ4v) is 2.14. The molecule has 0 radical (unpaired) electrons. The second kappa shape index (κ2) is 5.67. The summed E-state index contributed by atoms with van der Waals surface area (Å²) < 4.78 is 15.4. The molecule has 5 heteroatoms. The van der Waals surface area contributed by atoms with Crippen molar-refractivity contribution in [2.24, 2.45) is 0 Å². The zero-order valence-corrected chi connectivity index (χ0v) is 11.6. The number of hydrogen-bond acceptors (Lipinski definition) is 3. The summed E-state index contributed by atoms with van der Waals surface area (Å²) >= 11 is 0. The summed E-state index contributed by atoms with van der Waals surface area (Å²) in [6, 6.07) is 4.79. The molecular formula is C14H20FN3O. The molecule has 0 fully saturated rings. The highest BCUT2D eigenvalue weighted by molar-refractivity contribution is 5.76. The smallest absolute Gasteiger partial charge is 0.126 e. The second-order valence-electron chi connectivity index (χ2n) is 4.97. The first-order valence-electron chi connectivity index (χ1n) is 6.47. The first-order chi connectivity index (χ1) is 9.04. The second-order valence-corrected chi connectivity index (χ2v) is 4.97. The summed E-state index contributed by atoms with van der Waals surface area (Å²) in [5.74, 6) is 0.627. The van der Waals surface area contributed by atoms with E-state index in [0.717, 1.165) is 11.3 Å². The van der Waals surface area contributed by atoms with E-state index in [-0.39, 0.29) is 18.5 Å². The van der Waals surface area contributed by atoms with Gasteiger partial charge in [0.05, 0.1) is 17.1 Å². The number of aliphatic hydroxyl groups is 1. The lowest BCUT2D eigenvalue weighted by Gasteiger charge is -2.20. The van der Waals surface area contributed by atoms with Crippen LogP contribution < -0.4 is 0 Å². The molecule has 4 nitrogen and oxygen atoms in total. The highest BCUT2D eigenvalue weighted by Crippen LogP contribution is 2.24. The van der Waals surface area contributed by atoms with Crippen LogP contribution in [0.5, 0.6) is 0 Å². The number of aromatic nitrogens is 2. The van der Waals surface area contributed by atoms with Crippen molar-refractivity contribution in [3.05, 3.63) is 29.8 Å². The molecule has 0 saturated carbocycles. The Bertz CT molecular complexity index is 565. The SMILES string of the molecule is CC(c1nc2cc(F)ccc2n1CCCO)N(C)C. The highest BCUT2D eigenvalue weighted by atomic mass is 19.1. The Kier molecular flexibility index (Phi) is 4.17. The Hall–Kier alpha value is -1.46. The largest absolute Gasteiger partial charge is 0.396 e. The van der Waals surface area contributed by atoms with Gasteiger partial charge in [0.25, 0.3) is 0 Å². The third kappa shape index (κ3) is 2.77. The average Bonchev–Trinajstić information content (AvgIpc) is 2.72. The van der Waals surface area contributed by atoms with Gasteiger partial charge in [-0.2, -0.15) is 0 Å². The summed E-state index contributed by atoms with van der Waals surface area (Å²) in [4.78, 5) is 6.61. The van der Waals surface area contributed by atoms with Gasteiger partial charge in [-0.3, -0.25) is 4.90 Å². The number of hydrogen-bond donors (Lipinski definition) is 1. The molecule has 0 bridgehead atoms. The summed E-state index contributed by atoms with van der Waals surface area (Å²) in [6.45, 7) is 2.88.